The molecule has 0 spiro atoms. The van der Waals surface area contributed by atoms with E-state index in [1.165, 1.54) is 38.1 Å². The molecule has 0 saturated carbocycles. The van der Waals surface area contributed by atoms with Crippen LogP contribution in [0.3, 0.4) is 0 Å². The first-order valence-corrected chi connectivity index (χ1v) is 30.4. The number of nitrogens with two attached hydrogens (primary N) is 5. The van der Waals surface area contributed by atoms with Gasteiger partial charge in [0.1, 0.15) is 47.8 Å². The predicted molar refractivity (Wildman–Crippen MR) is 321 cm³/mol. The van der Waals surface area contributed by atoms with Crippen LogP contribution in [0.5, 0.6) is 5.75 Å². The third kappa shape index (κ3) is 27.1. The van der Waals surface area contributed by atoms with Crippen LogP contribution in [0.4, 0.5) is 0 Å². The molecule has 1 aromatic rings. The van der Waals surface area contributed by atoms with E-state index in [9.17, 15) is 68.1 Å². The topological polar surface area (TPSA) is 475 Å². The number of phenols is 1. The fourth-order valence-electron chi connectivity index (χ4n) is 9.95. The number of rotatable bonds is 31. The van der Waals surface area contributed by atoms with Crippen LogP contribution >= 0.6 is 0 Å². The minimum atomic E-state index is -1.68. The van der Waals surface area contributed by atoms with Crippen LogP contribution in [0.2, 0.25) is 0 Å². The molecular weight excluding hydrogens is 1110 g/mol. The summed E-state index contributed by atoms with van der Waals surface area (Å²) in [6.45, 7) is 9.29. The second kappa shape index (κ2) is 40.1. The van der Waals surface area contributed by atoms with Crippen LogP contribution in [0.15, 0.2) is 24.3 Å². The molecule has 0 aliphatic carbocycles. The number of ketones is 3. The van der Waals surface area contributed by atoms with Crippen LogP contribution in [0, 0.1) is 29.6 Å². The summed E-state index contributed by atoms with van der Waals surface area (Å²) in [6, 6.07) is -4.51. The van der Waals surface area contributed by atoms with Gasteiger partial charge in [0.05, 0.1) is 18.2 Å². The third-order valence-electron chi connectivity index (χ3n) is 15.3. The van der Waals surface area contributed by atoms with E-state index in [-0.39, 0.29) is 108 Å². The Morgan fingerprint density at radius 2 is 1.16 bits per heavy atom. The van der Waals surface area contributed by atoms with Crippen molar-refractivity contribution in [3.8, 4) is 5.75 Å². The summed E-state index contributed by atoms with van der Waals surface area (Å²) in [5.74, 6) is -11.8. The van der Waals surface area contributed by atoms with Crippen molar-refractivity contribution in [3.63, 3.8) is 0 Å². The predicted octanol–water partition coefficient (Wildman–Crippen LogP) is -2.27. The van der Waals surface area contributed by atoms with E-state index in [1.807, 2.05) is 0 Å². The number of hydrogen-bond acceptors (Lipinski definition) is 19. The van der Waals surface area contributed by atoms with Crippen LogP contribution in [0.1, 0.15) is 143 Å². The fourth-order valence-corrected chi connectivity index (χ4v) is 9.95. The number of Topliss-reactive ketones (excluding diaryl/α,β-unsaturated/α-hetero) is 3. The second-order valence-corrected chi connectivity index (χ2v) is 23.2. The average molecular weight is 1220 g/mol. The van der Waals surface area contributed by atoms with Crippen molar-refractivity contribution in [3.05, 3.63) is 29.8 Å². The number of aliphatic hydroxyl groups is 2. The molecule has 1 fully saturated rings. The van der Waals surface area contributed by atoms with Crippen LogP contribution in [-0.2, 0) is 59.2 Å². The van der Waals surface area contributed by atoms with Crippen LogP contribution in [0.25, 0.3) is 0 Å². The summed E-state index contributed by atoms with van der Waals surface area (Å²) in [6.07, 6.45) is -1.65. The molecule has 86 heavy (non-hydrogen) atoms. The van der Waals surface area contributed by atoms with Crippen molar-refractivity contribution in [1.29, 1.82) is 0 Å². The highest BCUT2D eigenvalue weighted by Crippen LogP contribution is 2.21. The first kappa shape index (κ1) is 75.6. The van der Waals surface area contributed by atoms with Gasteiger partial charge in [0, 0.05) is 50.0 Å². The summed E-state index contributed by atoms with van der Waals surface area (Å²) in [5, 5.41) is 52.4. The number of carbonyl (C=O) groups is 11. The molecule has 1 aliphatic heterocycles. The van der Waals surface area contributed by atoms with Crippen LogP contribution < -0.4 is 71.2 Å². The summed E-state index contributed by atoms with van der Waals surface area (Å²) < 4.78 is 0. The van der Waals surface area contributed by atoms with Gasteiger partial charge < -0.3 is 86.5 Å². The SMILES string of the molecule is CC[C@H](C)CCCCC(=O)C[C@@H](CCN)C(=O)N[C@H](C(=O)C[C@@H](CCN)C(=O)N[C@H]1CCNC(=O)[C@H]([C@@H](C)O)NC(=O)[C@H](CCN)NC(=O)[C@H](CCN)NC(=O)[C@H](CC(C)C)NC(=O)[C@@H](Cc2ccc(O)cc2)CC(=O)[C@H](CCN)NC1=O)[C@@H](C)O. The van der Waals surface area contributed by atoms with Gasteiger partial charge in [-0.25, -0.2) is 0 Å². The number of carbonyl (C=O) groups excluding carboxylic acids is 11. The monoisotopic (exact) mass is 1220 g/mol. The Balaban J connectivity index is 2.69. The zero-order valence-corrected chi connectivity index (χ0v) is 51.2. The van der Waals surface area contributed by atoms with Gasteiger partial charge in [-0.1, -0.05) is 59.1 Å². The first-order chi connectivity index (χ1) is 40.7. The molecule has 0 aromatic heterocycles. The minimum absolute atomic E-state index is 0.0458. The van der Waals surface area contributed by atoms with Gasteiger partial charge >= 0.3 is 0 Å². The lowest BCUT2D eigenvalue weighted by Crippen LogP contribution is -2.60. The van der Waals surface area contributed by atoms with Crippen molar-refractivity contribution < 1.29 is 68.1 Å². The third-order valence-corrected chi connectivity index (χ3v) is 15.3. The molecule has 486 valence electrons. The zero-order chi connectivity index (χ0) is 64.6. The van der Waals surface area contributed by atoms with Crippen molar-refractivity contribution in [2.75, 3.05) is 39.3 Å². The minimum Gasteiger partial charge on any atom is -0.508 e. The van der Waals surface area contributed by atoms with E-state index >= 15 is 0 Å². The van der Waals surface area contributed by atoms with Gasteiger partial charge in [-0.05, 0) is 134 Å². The van der Waals surface area contributed by atoms with Crippen molar-refractivity contribution >= 4 is 64.6 Å². The summed E-state index contributed by atoms with van der Waals surface area (Å²) in [4.78, 5) is 155. The number of aliphatic hydroxyl groups excluding tert-OH is 2. The summed E-state index contributed by atoms with van der Waals surface area (Å²) >= 11 is 0. The van der Waals surface area contributed by atoms with E-state index < -0.39 is 157 Å². The molecule has 1 aliphatic rings. The Kier molecular flexibility index (Phi) is 35.2. The Labute approximate surface area is 505 Å². The number of benzene rings is 1. The maximum Gasteiger partial charge on any atom is 0.245 e. The standard InChI is InChI=1S/C59H101N13O14/c1-7-34(4)10-8-9-11-42(76)30-38(16-22-60)53(80)71-50(35(5)73)49(78)31-39(17-23-61)52(79)67-46-21-27-65-59(86)51(36(6)74)72-57(84)45(20-26-64)68-55(82)44(19-25-63)69-58(85)47(28-33(2)3)70-54(81)40(29-37-12-14-41(75)15-13-37)32-48(77)43(18-24-62)66-56(46)83/h12-15,33-36,38-40,43-47,50-51,73-75H,7-11,16-32,60-64H2,1-6H3,(H,65,86)(H,66,83)(H,67,79)(H,68,82)(H,69,85)(H,70,81)(H,71,80)(H,72,84)/t34-,35+,36+,38+,39+,40-,43-,44-,45-,46-,47-,50-,51-/m0/s1. The molecule has 13 atom stereocenters. The maximum absolute atomic E-state index is 14.6. The summed E-state index contributed by atoms with van der Waals surface area (Å²) in [5.41, 5.74) is 30.0. The number of hydrogen-bond donors (Lipinski definition) is 16. The Bertz CT molecular complexity index is 2360. The molecule has 1 aromatic carbocycles. The highest BCUT2D eigenvalue weighted by atomic mass is 16.3. The van der Waals surface area contributed by atoms with Gasteiger partial charge in [-0.15, -0.1) is 0 Å². The van der Waals surface area contributed by atoms with Crippen molar-refractivity contribution in [2.45, 2.75) is 199 Å². The lowest BCUT2D eigenvalue weighted by atomic mass is 9.89. The second-order valence-electron chi connectivity index (χ2n) is 23.2. The van der Waals surface area contributed by atoms with E-state index in [4.69, 9.17) is 28.7 Å². The lowest BCUT2D eigenvalue weighted by molar-refractivity contribution is -0.137. The van der Waals surface area contributed by atoms with E-state index in [0.717, 1.165) is 19.3 Å². The maximum atomic E-state index is 14.6. The van der Waals surface area contributed by atoms with Gasteiger partial charge in [0.25, 0.3) is 0 Å². The highest BCUT2D eigenvalue weighted by Gasteiger charge is 2.38. The molecule has 0 unspecified atom stereocenters. The molecule has 1 saturated heterocycles. The molecule has 27 nitrogen and oxygen atoms in total. The molecule has 0 radical (unpaired) electrons. The lowest BCUT2D eigenvalue weighted by Gasteiger charge is -2.28. The molecule has 1 heterocycles. The van der Waals surface area contributed by atoms with Gasteiger partial charge in [0.15, 0.2) is 11.6 Å². The molecule has 27 heteroatoms. The zero-order valence-electron chi connectivity index (χ0n) is 51.2. The number of aromatic hydroxyl groups is 1. The number of phenolic OH excluding ortho intramolecular Hbond substituents is 1. The number of unbranched alkanes of at least 4 members (excludes halogenated alkanes) is 1. The van der Waals surface area contributed by atoms with Crippen LogP contribution in [-0.4, -0.2) is 174 Å². The number of nitrogens with one attached hydrogen (secondary N) is 8. The quantitative estimate of drug-likeness (QED) is 0.0349. The largest absolute Gasteiger partial charge is 0.508 e. The Morgan fingerprint density at radius 3 is 1.70 bits per heavy atom. The molecule has 8 amide bonds. The molecule has 21 N–H and O–H groups in total. The smallest absolute Gasteiger partial charge is 0.245 e. The Hall–Kier alpha value is -6.49. The van der Waals surface area contributed by atoms with E-state index in [1.54, 1.807) is 13.8 Å². The van der Waals surface area contributed by atoms with Gasteiger partial charge in [-0.2, -0.15) is 0 Å². The van der Waals surface area contributed by atoms with E-state index in [2.05, 4.69) is 56.4 Å². The molecule has 2 rings (SSSR count). The molecular formula is C59H101N13O14. The van der Waals surface area contributed by atoms with E-state index in [0.29, 0.717) is 17.9 Å². The average Bonchev–Trinajstić information content (AvgIpc) is 3.59. The van der Waals surface area contributed by atoms with Crippen molar-refractivity contribution in [2.24, 2.45) is 58.3 Å². The summed E-state index contributed by atoms with van der Waals surface area (Å²) in [7, 11) is 0. The van der Waals surface area contributed by atoms with Crippen molar-refractivity contribution in [1.82, 2.24) is 42.5 Å². The highest BCUT2D eigenvalue weighted by molar-refractivity contribution is 5.99. The van der Waals surface area contributed by atoms with Gasteiger partial charge in [-0.3, -0.25) is 52.7 Å². The molecule has 0 bridgehead atoms. The number of amides is 8. The normalized spacial score (nSPS) is 23.0. The Morgan fingerprint density at radius 1 is 0.628 bits per heavy atom. The fraction of sp³-hybridized carbons (Fsp3) is 0.712. The van der Waals surface area contributed by atoms with Gasteiger partial charge in [0.2, 0.25) is 47.3 Å². The first-order valence-electron chi connectivity index (χ1n) is 30.4.